The molecule has 106 valence electrons. The molecule has 2 N–H and O–H groups in total. The van der Waals surface area contributed by atoms with Gasteiger partial charge in [-0.15, -0.1) is 11.3 Å². The van der Waals surface area contributed by atoms with Crippen LogP contribution in [0.5, 0.6) is 0 Å². The van der Waals surface area contributed by atoms with E-state index in [1.54, 1.807) is 6.07 Å². The second-order valence-electron chi connectivity index (χ2n) is 4.97. The lowest BCUT2D eigenvalue weighted by atomic mass is 9.89. The van der Waals surface area contributed by atoms with Gasteiger partial charge in [-0.3, -0.25) is 0 Å². The maximum absolute atomic E-state index is 10.8. The molecule has 2 aromatic rings. The zero-order valence-corrected chi connectivity index (χ0v) is 11.7. The Labute approximate surface area is 118 Å². The lowest BCUT2D eigenvalue weighted by molar-refractivity contribution is 0.0656. The molecule has 0 aliphatic rings. The van der Waals surface area contributed by atoms with Crippen LogP contribution in [0.4, 0.5) is 0 Å². The fourth-order valence-corrected chi connectivity index (χ4v) is 2.70. The Morgan fingerprint density at radius 2 is 2.00 bits per heavy atom. The van der Waals surface area contributed by atoms with Gasteiger partial charge in [-0.1, -0.05) is 13.8 Å². The smallest absolute Gasteiger partial charge is 0.371 e. The summed E-state index contributed by atoms with van der Waals surface area (Å²) < 4.78 is 5.22. The van der Waals surface area contributed by atoms with E-state index >= 15 is 0 Å². The summed E-state index contributed by atoms with van der Waals surface area (Å²) in [5, 5.41) is 19.8. The third-order valence-corrected chi connectivity index (χ3v) is 4.00. The molecule has 0 aromatic carbocycles. The molecule has 2 rings (SSSR count). The van der Waals surface area contributed by atoms with Gasteiger partial charge in [-0.05, 0) is 12.1 Å². The van der Waals surface area contributed by atoms with Gasteiger partial charge in [0.15, 0.2) is 5.69 Å². The molecule has 0 fully saturated rings. The Hall–Kier alpha value is -2.15. The standard InChI is InChI=1S/C13H13NO5S/c1-13(2,12-14-8(6-20-12)10(15)16)5-7-3-4-9(19-7)11(17)18/h3-4,6H,5H2,1-2H3,(H,15,16)(H,17,18). The first-order valence-electron chi connectivity index (χ1n) is 5.81. The topological polar surface area (TPSA) is 101 Å². The molecule has 0 amide bonds. The van der Waals surface area contributed by atoms with Crippen LogP contribution in [-0.2, 0) is 11.8 Å². The lowest BCUT2D eigenvalue weighted by Crippen LogP contribution is -2.20. The first-order valence-corrected chi connectivity index (χ1v) is 6.69. The maximum Gasteiger partial charge on any atom is 0.371 e. The third-order valence-electron chi connectivity index (χ3n) is 2.79. The number of rotatable bonds is 5. The van der Waals surface area contributed by atoms with E-state index in [-0.39, 0.29) is 11.5 Å². The highest BCUT2D eigenvalue weighted by molar-refractivity contribution is 7.10. The highest BCUT2D eigenvalue weighted by atomic mass is 32.1. The molecular formula is C13H13NO5S. The van der Waals surface area contributed by atoms with E-state index in [0.29, 0.717) is 17.2 Å². The summed E-state index contributed by atoms with van der Waals surface area (Å²) in [6.45, 7) is 3.81. The highest BCUT2D eigenvalue weighted by Gasteiger charge is 2.27. The predicted octanol–water partition coefficient (Wildman–Crippen LogP) is 2.65. The molecule has 2 aromatic heterocycles. The van der Waals surface area contributed by atoms with Crippen molar-refractivity contribution < 1.29 is 24.2 Å². The van der Waals surface area contributed by atoms with E-state index in [4.69, 9.17) is 14.6 Å². The number of carboxylic acid groups (broad SMARTS) is 2. The number of carbonyl (C=O) groups is 2. The van der Waals surface area contributed by atoms with Gasteiger partial charge in [-0.25, -0.2) is 14.6 Å². The lowest BCUT2D eigenvalue weighted by Gasteiger charge is -2.20. The molecule has 7 heteroatoms. The number of nitrogens with zero attached hydrogens (tertiary/aromatic N) is 1. The van der Waals surface area contributed by atoms with Crippen LogP contribution in [0.25, 0.3) is 0 Å². The van der Waals surface area contributed by atoms with Crippen molar-refractivity contribution in [3.05, 3.63) is 39.7 Å². The molecule has 2 heterocycles. The number of carboxylic acids is 2. The van der Waals surface area contributed by atoms with Crippen LogP contribution >= 0.6 is 11.3 Å². The number of aromatic nitrogens is 1. The quantitative estimate of drug-likeness (QED) is 0.879. The second-order valence-corrected chi connectivity index (χ2v) is 5.83. The summed E-state index contributed by atoms with van der Waals surface area (Å²) in [6.07, 6.45) is 0.437. The Morgan fingerprint density at radius 1 is 1.30 bits per heavy atom. The highest BCUT2D eigenvalue weighted by Crippen LogP contribution is 2.30. The molecule has 0 saturated carbocycles. The van der Waals surface area contributed by atoms with Gasteiger partial charge in [0.05, 0.1) is 5.01 Å². The van der Waals surface area contributed by atoms with Crippen molar-refractivity contribution in [2.24, 2.45) is 0 Å². The normalized spacial score (nSPS) is 11.5. The van der Waals surface area contributed by atoms with Gasteiger partial charge in [0.25, 0.3) is 0 Å². The van der Waals surface area contributed by atoms with Gasteiger partial charge in [-0.2, -0.15) is 0 Å². The van der Waals surface area contributed by atoms with Crippen molar-refractivity contribution >= 4 is 23.3 Å². The minimum atomic E-state index is -1.11. The SMILES string of the molecule is CC(C)(Cc1ccc(C(=O)O)o1)c1nc(C(=O)O)cs1. The van der Waals surface area contributed by atoms with E-state index in [1.165, 1.54) is 22.8 Å². The molecule has 0 bridgehead atoms. The summed E-state index contributed by atoms with van der Waals surface area (Å²) >= 11 is 1.27. The largest absolute Gasteiger partial charge is 0.476 e. The van der Waals surface area contributed by atoms with Crippen LogP contribution in [0.3, 0.4) is 0 Å². The van der Waals surface area contributed by atoms with Crippen LogP contribution in [0.15, 0.2) is 21.9 Å². The van der Waals surface area contributed by atoms with Crippen molar-refractivity contribution in [3.63, 3.8) is 0 Å². The monoisotopic (exact) mass is 295 g/mol. The van der Waals surface area contributed by atoms with Gasteiger partial charge in [0, 0.05) is 17.2 Å². The van der Waals surface area contributed by atoms with Crippen LogP contribution in [0.1, 0.15) is 45.7 Å². The van der Waals surface area contributed by atoms with Crippen LogP contribution in [0, 0.1) is 0 Å². The van der Waals surface area contributed by atoms with Gasteiger partial charge >= 0.3 is 11.9 Å². The molecule has 0 radical (unpaired) electrons. The number of thiazole rings is 1. The summed E-state index contributed by atoms with van der Waals surface area (Å²) in [4.78, 5) is 25.7. The van der Waals surface area contributed by atoms with Crippen LogP contribution < -0.4 is 0 Å². The predicted molar refractivity (Wildman–Crippen MR) is 71.5 cm³/mol. The average Bonchev–Trinajstić information content (AvgIpc) is 2.95. The van der Waals surface area contributed by atoms with E-state index in [1.807, 2.05) is 13.8 Å². The van der Waals surface area contributed by atoms with Gasteiger partial charge in [0.2, 0.25) is 5.76 Å². The van der Waals surface area contributed by atoms with E-state index in [9.17, 15) is 9.59 Å². The van der Waals surface area contributed by atoms with Crippen molar-refractivity contribution in [1.82, 2.24) is 4.98 Å². The minimum Gasteiger partial charge on any atom is -0.476 e. The minimum absolute atomic E-state index is 0.0174. The van der Waals surface area contributed by atoms with Crippen LogP contribution in [-0.4, -0.2) is 27.1 Å². The maximum atomic E-state index is 10.8. The van der Waals surface area contributed by atoms with E-state index < -0.39 is 17.4 Å². The first-order chi connectivity index (χ1) is 9.29. The fraction of sp³-hybridized carbons (Fsp3) is 0.308. The first kappa shape index (κ1) is 14.3. The molecule has 0 atom stereocenters. The molecular weight excluding hydrogens is 282 g/mol. The fourth-order valence-electron chi connectivity index (χ4n) is 1.78. The Kier molecular flexibility index (Phi) is 3.63. The number of furan rings is 1. The Bertz CT molecular complexity index is 655. The Balaban J connectivity index is 2.20. The number of hydrogen-bond donors (Lipinski definition) is 2. The number of aromatic carboxylic acids is 2. The number of hydrogen-bond acceptors (Lipinski definition) is 5. The van der Waals surface area contributed by atoms with Crippen molar-refractivity contribution in [2.45, 2.75) is 25.7 Å². The van der Waals surface area contributed by atoms with E-state index in [0.717, 1.165) is 0 Å². The summed E-state index contributed by atoms with van der Waals surface area (Å²) in [5.74, 6) is -1.76. The molecule has 20 heavy (non-hydrogen) atoms. The van der Waals surface area contributed by atoms with E-state index in [2.05, 4.69) is 4.98 Å². The molecule has 0 unspecified atom stereocenters. The zero-order chi connectivity index (χ0) is 14.9. The zero-order valence-electron chi connectivity index (χ0n) is 10.9. The van der Waals surface area contributed by atoms with Crippen molar-refractivity contribution in [1.29, 1.82) is 0 Å². The van der Waals surface area contributed by atoms with Crippen LogP contribution in [0.2, 0.25) is 0 Å². The second kappa shape index (κ2) is 5.09. The van der Waals surface area contributed by atoms with Crippen molar-refractivity contribution in [3.8, 4) is 0 Å². The summed E-state index contributed by atoms with van der Waals surface area (Å²) in [7, 11) is 0. The van der Waals surface area contributed by atoms with Gasteiger partial charge in [0.1, 0.15) is 5.76 Å². The van der Waals surface area contributed by atoms with Gasteiger partial charge < -0.3 is 14.6 Å². The molecule has 0 aliphatic heterocycles. The Morgan fingerprint density at radius 3 is 2.50 bits per heavy atom. The third kappa shape index (κ3) is 2.88. The summed E-state index contributed by atoms with van der Waals surface area (Å²) in [6, 6.07) is 3.01. The average molecular weight is 295 g/mol. The molecule has 0 spiro atoms. The molecule has 6 nitrogen and oxygen atoms in total. The summed E-state index contributed by atoms with van der Waals surface area (Å²) in [5.41, 5.74) is -0.421. The molecule has 0 saturated heterocycles. The molecule has 0 aliphatic carbocycles. The van der Waals surface area contributed by atoms with Crippen molar-refractivity contribution in [2.75, 3.05) is 0 Å².